The predicted molar refractivity (Wildman–Crippen MR) is 69.7 cm³/mol. The molecule has 0 heterocycles. The van der Waals surface area contributed by atoms with Gasteiger partial charge in [-0.05, 0) is 31.6 Å². The molecule has 0 bridgehead atoms. The van der Waals surface area contributed by atoms with Crippen molar-refractivity contribution in [2.75, 3.05) is 6.54 Å². The number of carbonyl (C=O) groups excluding carboxylic acids is 1. The Bertz CT molecular complexity index is 243. The van der Waals surface area contributed by atoms with Gasteiger partial charge in [0.2, 0.25) is 5.91 Å². The maximum atomic E-state index is 11.8. The van der Waals surface area contributed by atoms with Crippen LogP contribution in [-0.4, -0.2) is 23.2 Å². The van der Waals surface area contributed by atoms with Crippen molar-refractivity contribution in [3.8, 4) is 0 Å². The Morgan fingerprint density at radius 1 is 1.35 bits per heavy atom. The first-order valence-corrected chi connectivity index (χ1v) is 6.91. The normalized spacial score (nSPS) is 21.2. The van der Waals surface area contributed by atoms with E-state index in [2.05, 4.69) is 5.32 Å². The first-order valence-electron chi connectivity index (χ1n) is 6.91. The molecule has 1 unspecified atom stereocenters. The average Bonchev–Trinajstić information content (AvgIpc) is 2.28. The zero-order chi connectivity index (χ0) is 12.9. The van der Waals surface area contributed by atoms with Gasteiger partial charge in [-0.1, -0.05) is 33.1 Å². The van der Waals surface area contributed by atoms with Crippen LogP contribution in [0, 0.1) is 11.8 Å². The first kappa shape index (κ1) is 14.5. The fraction of sp³-hybridized carbons (Fsp3) is 0.929. The molecule has 0 aliphatic heterocycles. The van der Waals surface area contributed by atoms with Crippen LogP contribution in [0.3, 0.4) is 0 Å². The Hall–Kier alpha value is -0.570. The van der Waals surface area contributed by atoms with Gasteiger partial charge in [0.05, 0.1) is 5.60 Å². The molecule has 100 valence electrons. The summed E-state index contributed by atoms with van der Waals surface area (Å²) in [4.78, 5) is 11.8. The molecule has 0 aromatic carbocycles. The molecule has 1 saturated carbocycles. The summed E-state index contributed by atoms with van der Waals surface area (Å²) in [6.07, 6.45) is 6.86. The van der Waals surface area contributed by atoms with Crippen molar-refractivity contribution in [3.63, 3.8) is 0 Å². The number of hydrogen-bond donors (Lipinski definition) is 2. The van der Waals surface area contributed by atoms with Gasteiger partial charge in [-0.25, -0.2) is 0 Å². The highest BCUT2D eigenvalue weighted by Gasteiger charge is 2.26. The zero-order valence-corrected chi connectivity index (χ0v) is 11.5. The van der Waals surface area contributed by atoms with E-state index in [1.807, 2.05) is 13.8 Å². The lowest BCUT2D eigenvalue weighted by Crippen LogP contribution is -2.44. The van der Waals surface area contributed by atoms with Gasteiger partial charge in [0.1, 0.15) is 0 Å². The summed E-state index contributed by atoms with van der Waals surface area (Å²) >= 11 is 0. The molecule has 1 aliphatic carbocycles. The zero-order valence-electron chi connectivity index (χ0n) is 11.5. The monoisotopic (exact) mass is 241 g/mol. The highest BCUT2D eigenvalue weighted by molar-refractivity contribution is 5.76. The summed E-state index contributed by atoms with van der Waals surface area (Å²) in [6.45, 7) is 6.06. The second-order valence-electron chi connectivity index (χ2n) is 6.00. The average molecular weight is 241 g/mol. The van der Waals surface area contributed by atoms with Crippen molar-refractivity contribution in [1.29, 1.82) is 0 Å². The van der Waals surface area contributed by atoms with Crippen LogP contribution in [0.4, 0.5) is 0 Å². The summed E-state index contributed by atoms with van der Waals surface area (Å²) in [7, 11) is 0. The quantitative estimate of drug-likeness (QED) is 0.777. The van der Waals surface area contributed by atoms with Crippen LogP contribution >= 0.6 is 0 Å². The standard InChI is InChI=1S/C14H27NO2/c1-11(2)14(3,17)10-15-13(16)9-12-7-5-4-6-8-12/h11-12,17H,4-10H2,1-3H3,(H,15,16). The van der Waals surface area contributed by atoms with E-state index < -0.39 is 5.60 Å². The predicted octanol–water partition coefficient (Wildman–Crippen LogP) is 2.48. The molecular formula is C14H27NO2. The van der Waals surface area contributed by atoms with E-state index in [9.17, 15) is 9.90 Å². The molecule has 1 amide bonds. The van der Waals surface area contributed by atoms with E-state index in [0.717, 1.165) is 0 Å². The SMILES string of the molecule is CC(C)C(C)(O)CNC(=O)CC1CCCCC1. The minimum Gasteiger partial charge on any atom is -0.388 e. The van der Waals surface area contributed by atoms with Crippen molar-refractivity contribution in [3.05, 3.63) is 0 Å². The van der Waals surface area contributed by atoms with Crippen LogP contribution in [-0.2, 0) is 4.79 Å². The lowest BCUT2D eigenvalue weighted by molar-refractivity contribution is -0.123. The molecule has 3 nitrogen and oxygen atoms in total. The summed E-state index contributed by atoms with van der Waals surface area (Å²) in [5.41, 5.74) is -0.803. The molecule has 1 atom stereocenters. The van der Waals surface area contributed by atoms with Crippen LogP contribution in [0.25, 0.3) is 0 Å². The largest absolute Gasteiger partial charge is 0.388 e. The Balaban J connectivity index is 2.25. The van der Waals surface area contributed by atoms with Crippen molar-refractivity contribution >= 4 is 5.91 Å². The van der Waals surface area contributed by atoms with Crippen molar-refractivity contribution in [2.24, 2.45) is 11.8 Å². The molecule has 0 aromatic rings. The molecule has 1 aliphatic rings. The number of aliphatic hydroxyl groups is 1. The summed E-state index contributed by atoms with van der Waals surface area (Å²) in [5.74, 6) is 0.808. The number of carbonyl (C=O) groups is 1. The third-order valence-corrected chi connectivity index (χ3v) is 4.09. The summed E-state index contributed by atoms with van der Waals surface area (Å²) < 4.78 is 0. The second kappa shape index (κ2) is 6.39. The molecule has 0 aromatic heterocycles. The lowest BCUT2D eigenvalue weighted by Gasteiger charge is -2.28. The molecule has 17 heavy (non-hydrogen) atoms. The summed E-state index contributed by atoms with van der Waals surface area (Å²) in [5, 5.41) is 12.9. The third-order valence-electron chi connectivity index (χ3n) is 4.09. The molecular weight excluding hydrogens is 214 g/mol. The van der Waals surface area contributed by atoms with Crippen molar-refractivity contribution in [1.82, 2.24) is 5.32 Å². The molecule has 2 N–H and O–H groups in total. The topological polar surface area (TPSA) is 49.3 Å². The van der Waals surface area contributed by atoms with Gasteiger partial charge in [0.25, 0.3) is 0 Å². The van der Waals surface area contributed by atoms with E-state index in [0.29, 0.717) is 18.9 Å². The number of rotatable bonds is 5. The fourth-order valence-electron chi connectivity index (χ4n) is 2.21. The van der Waals surface area contributed by atoms with Crippen LogP contribution in [0.1, 0.15) is 59.3 Å². The molecule has 0 radical (unpaired) electrons. The van der Waals surface area contributed by atoms with Crippen LogP contribution in [0.2, 0.25) is 0 Å². The van der Waals surface area contributed by atoms with Crippen LogP contribution in [0.5, 0.6) is 0 Å². The van der Waals surface area contributed by atoms with Gasteiger partial charge < -0.3 is 10.4 Å². The van der Waals surface area contributed by atoms with E-state index in [1.165, 1.54) is 32.1 Å². The minimum absolute atomic E-state index is 0.0952. The Kier molecular flexibility index (Phi) is 5.44. The molecule has 0 saturated heterocycles. The lowest BCUT2D eigenvalue weighted by atomic mass is 9.86. The second-order valence-corrected chi connectivity index (χ2v) is 6.00. The molecule has 0 spiro atoms. The van der Waals surface area contributed by atoms with Crippen LogP contribution < -0.4 is 5.32 Å². The minimum atomic E-state index is -0.803. The third kappa shape index (κ3) is 5.07. The van der Waals surface area contributed by atoms with E-state index in [4.69, 9.17) is 0 Å². The Labute approximate surface area is 105 Å². The smallest absolute Gasteiger partial charge is 0.220 e. The van der Waals surface area contributed by atoms with Crippen molar-refractivity contribution in [2.45, 2.75) is 64.9 Å². The highest BCUT2D eigenvalue weighted by Crippen LogP contribution is 2.26. The molecule has 3 heteroatoms. The van der Waals surface area contributed by atoms with Gasteiger partial charge in [-0.3, -0.25) is 4.79 Å². The van der Waals surface area contributed by atoms with Crippen molar-refractivity contribution < 1.29 is 9.90 Å². The van der Waals surface area contributed by atoms with Crippen LogP contribution in [0.15, 0.2) is 0 Å². The molecule has 1 rings (SSSR count). The van der Waals surface area contributed by atoms with Gasteiger partial charge in [0.15, 0.2) is 0 Å². The van der Waals surface area contributed by atoms with E-state index in [-0.39, 0.29) is 11.8 Å². The van der Waals surface area contributed by atoms with Gasteiger partial charge in [-0.15, -0.1) is 0 Å². The number of nitrogens with one attached hydrogen (secondary N) is 1. The summed E-state index contributed by atoms with van der Waals surface area (Å²) in [6, 6.07) is 0. The number of hydrogen-bond acceptors (Lipinski definition) is 2. The Morgan fingerprint density at radius 2 is 1.94 bits per heavy atom. The van der Waals surface area contributed by atoms with Gasteiger partial charge in [-0.2, -0.15) is 0 Å². The van der Waals surface area contributed by atoms with Gasteiger partial charge in [0, 0.05) is 13.0 Å². The first-order chi connectivity index (χ1) is 7.92. The van der Waals surface area contributed by atoms with E-state index in [1.54, 1.807) is 6.92 Å². The number of amides is 1. The van der Waals surface area contributed by atoms with Gasteiger partial charge >= 0.3 is 0 Å². The maximum absolute atomic E-state index is 11.8. The highest BCUT2D eigenvalue weighted by atomic mass is 16.3. The molecule has 1 fully saturated rings. The maximum Gasteiger partial charge on any atom is 0.220 e. The fourth-order valence-corrected chi connectivity index (χ4v) is 2.21. The Morgan fingerprint density at radius 3 is 2.47 bits per heavy atom. The van der Waals surface area contributed by atoms with E-state index >= 15 is 0 Å².